The molecule has 0 bridgehead atoms. The third-order valence-corrected chi connectivity index (χ3v) is 6.39. The van der Waals surface area contributed by atoms with E-state index in [1.165, 1.54) is 44.9 Å². The fourth-order valence-corrected chi connectivity index (χ4v) is 4.86. The molecule has 0 unspecified atom stereocenters. The Morgan fingerprint density at radius 3 is 2.57 bits per heavy atom. The lowest BCUT2D eigenvalue weighted by Gasteiger charge is -2.53. The van der Waals surface area contributed by atoms with Crippen molar-refractivity contribution < 1.29 is 4.79 Å². The lowest BCUT2D eigenvalue weighted by Crippen LogP contribution is -2.65. The zero-order valence-electron chi connectivity index (χ0n) is 15.0. The molecule has 1 N–H and O–H groups in total. The second-order valence-corrected chi connectivity index (χ2v) is 7.96. The van der Waals surface area contributed by atoms with Crippen molar-refractivity contribution in [1.29, 1.82) is 0 Å². The summed E-state index contributed by atoms with van der Waals surface area (Å²) in [7, 11) is 0. The second kappa shape index (κ2) is 7.87. The summed E-state index contributed by atoms with van der Waals surface area (Å²) >= 11 is 0. The van der Waals surface area contributed by atoms with Gasteiger partial charge in [0.25, 0.3) is 0 Å². The van der Waals surface area contributed by atoms with Crippen molar-refractivity contribution >= 4 is 6.03 Å². The number of nitrogens with zero attached hydrogens (tertiary/aromatic N) is 2. The van der Waals surface area contributed by atoms with Crippen molar-refractivity contribution in [1.82, 2.24) is 15.1 Å². The lowest BCUT2D eigenvalue weighted by atomic mass is 9.81. The Bertz CT molecular complexity index is 386. The van der Waals surface area contributed by atoms with Gasteiger partial charge < -0.3 is 15.1 Å². The molecule has 3 fully saturated rings. The van der Waals surface area contributed by atoms with Gasteiger partial charge in [0, 0.05) is 25.2 Å². The summed E-state index contributed by atoms with van der Waals surface area (Å²) < 4.78 is 0. The van der Waals surface area contributed by atoms with E-state index in [4.69, 9.17) is 0 Å². The molecule has 4 heteroatoms. The highest BCUT2D eigenvalue weighted by atomic mass is 16.2. The molecule has 0 radical (unpaired) electrons. The smallest absolute Gasteiger partial charge is 0.320 e. The van der Waals surface area contributed by atoms with Crippen LogP contribution in [0.25, 0.3) is 0 Å². The summed E-state index contributed by atoms with van der Waals surface area (Å²) in [5.41, 5.74) is 0.153. The maximum Gasteiger partial charge on any atom is 0.320 e. The Balaban J connectivity index is 1.67. The van der Waals surface area contributed by atoms with E-state index in [1.807, 2.05) is 0 Å². The average Bonchev–Trinajstić information content (AvgIpc) is 2.59. The van der Waals surface area contributed by atoms with Crippen LogP contribution in [0.5, 0.6) is 0 Å². The monoisotopic (exact) mass is 321 g/mol. The van der Waals surface area contributed by atoms with E-state index in [0.29, 0.717) is 6.03 Å². The maximum absolute atomic E-state index is 13.2. The normalized spacial score (nSPS) is 26.0. The molecule has 3 rings (SSSR count). The van der Waals surface area contributed by atoms with E-state index < -0.39 is 0 Å². The molecule has 132 valence electrons. The molecular weight excluding hydrogens is 286 g/mol. The first-order valence-corrected chi connectivity index (χ1v) is 10.0. The molecule has 2 saturated heterocycles. The lowest BCUT2D eigenvalue weighted by molar-refractivity contribution is 0.0146. The molecule has 1 aliphatic carbocycles. The molecule has 0 aromatic rings. The second-order valence-electron chi connectivity index (χ2n) is 7.96. The van der Waals surface area contributed by atoms with Gasteiger partial charge in [-0.15, -0.1) is 0 Å². The highest BCUT2D eigenvalue weighted by Crippen LogP contribution is 2.36. The molecule has 3 aliphatic rings. The van der Waals surface area contributed by atoms with Crippen molar-refractivity contribution in [3.05, 3.63) is 0 Å². The minimum atomic E-state index is 0.153. The number of unbranched alkanes of at least 4 members (excludes halogenated alkanes) is 1. The molecule has 1 saturated carbocycles. The molecule has 0 aromatic heterocycles. The van der Waals surface area contributed by atoms with Crippen molar-refractivity contribution in [2.75, 3.05) is 32.7 Å². The van der Waals surface area contributed by atoms with E-state index in [-0.39, 0.29) is 5.54 Å². The molecule has 4 nitrogen and oxygen atoms in total. The summed E-state index contributed by atoms with van der Waals surface area (Å²) in [5, 5.41) is 3.47. The van der Waals surface area contributed by atoms with Crippen molar-refractivity contribution in [3.8, 4) is 0 Å². The van der Waals surface area contributed by atoms with E-state index in [0.717, 1.165) is 57.9 Å². The van der Waals surface area contributed by atoms with E-state index in [2.05, 4.69) is 22.0 Å². The number of piperidine rings is 1. The van der Waals surface area contributed by atoms with Crippen LogP contribution in [-0.2, 0) is 0 Å². The van der Waals surface area contributed by atoms with Crippen LogP contribution in [0.2, 0.25) is 0 Å². The van der Waals surface area contributed by atoms with Crippen LogP contribution in [0.3, 0.4) is 0 Å². The summed E-state index contributed by atoms with van der Waals surface area (Å²) in [6, 6.07) is 0.345. The molecule has 1 spiro atoms. The van der Waals surface area contributed by atoms with Gasteiger partial charge in [0.2, 0.25) is 0 Å². The van der Waals surface area contributed by atoms with E-state index in [9.17, 15) is 4.79 Å². The number of hydrogen-bond acceptors (Lipinski definition) is 2. The zero-order chi connectivity index (χ0) is 16.1. The maximum atomic E-state index is 13.2. The van der Waals surface area contributed by atoms with Crippen LogP contribution in [0.4, 0.5) is 4.79 Å². The molecule has 0 aromatic carbocycles. The number of carbonyl (C=O) groups excluding carboxylic acids is 1. The van der Waals surface area contributed by atoms with E-state index >= 15 is 0 Å². The molecule has 23 heavy (non-hydrogen) atoms. The number of urea groups is 1. The van der Waals surface area contributed by atoms with Gasteiger partial charge in [0.1, 0.15) is 0 Å². The Labute approximate surface area is 142 Å². The number of carbonyl (C=O) groups is 1. The van der Waals surface area contributed by atoms with Gasteiger partial charge in [-0.3, -0.25) is 0 Å². The highest BCUT2D eigenvalue weighted by Gasteiger charge is 2.45. The fourth-order valence-electron chi connectivity index (χ4n) is 4.86. The first-order valence-electron chi connectivity index (χ1n) is 10.0. The number of amides is 2. The Hall–Kier alpha value is -0.770. The standard InChI is InChI=1S/C19H35N3O/c1-2-3-14-22-18(23)21(16-17-7-5-4-6-8-17)15-11-19(22)9-12-20-13-10-19/h17,20H,2-16H2,1H3. The van der Waals surface area contributed by atoms with Crippen molar-refractivity contribution in [2.45, 2.75) is 76.7 Å². The van der Waals surface area contributed by atoms with Gasteiger partial charge in [-0.2, -0.15) is 0 Å². The predicted molar refractivity (Wildman–Crippen MR) is 94.6 cm³/mol. The third kappa shape index (κ3) is 3.84. The highest BCUT2D eigenvalue weighted by molar-refractivity contribution is 5.76. The van der Waals surface area contributed by atoms with Crippen molar-refractivity contribution in [2.24, 2.45) is 5.92 Å². The summed E-state index contributed by atoms with van der Waals surface area (Å²) in [6.45, 7) is 7.31. The first kappa shape index (κ1) is 17.1. The van der Waals surface area contributed by atoms with Gasteiger partial charge >= 0.3 is 6.03 Å². The van der Waals surface area contributed by atoms with Gasteiger partial charge in [-0.1, -0.05) is 32.6 Å². The van der Waals surface area contributed by atoms with Gasteiger partial charge in [-0.05, 0) is 57.5 Å². The van der Waals surface area contributed by atoms with Crippen LogP contribution in [0, 0.1) is 5.92 Å². The molecule has 2 heterocycles. The van der Waals surface area contributed by atoms with Crippen molar-refractivity contribution in [3.63, 3.8) is 0 Å². The molecule has 2 aliphatic heterocycles. The van der Waals surface area contributed by atoms with Gasteiger partial charge in [0.05, 0.1) is 0 Å². The minimum Gasteiger partial charge on any atom is -0.324 e. The quantitative estimate of drug-likeness (QED) is 0.839. The zero-order valence-corrected chi connectivity index (χ0v) is 15.0. The summed E-state index contributed by atoms with van der Waals surface area (Å²) in [4.78, 5) is 17.7. The van der Waals surface area contributed by atoms with E-state index in [1.54, 1.807) is 0 Å². The number of nitrogens with one attached hydrogen (secondary N) is 1. The SMILES string of the molecule is CCCCN1C(=O)N(CC2CCCCC2)CCC12CCNCC2. The topological polar surface area (TPSA) is 35.6 Å². The number of rotatable bonds is 5. The van der Waals surface area contributed by atoms with Crippen LogP contribution >= 0.6 is 0 Å². The van der Waals surface area contributed by atoms with Gasteiger partial charge in [-0.25, -0.2) is 4.79 Å². The molecule has 2 amide bonds. The van der Waals surface area contributed by atoms with Crippen LogP contribution in [0.1, 0.15) is 71.1 Å². The summed E-state index contributed by atoms with van der Waals surface area (Å²) in [6.07, 6.45) is 12.5. The Morgan fingerprint density at radius 1 is 1.13 bits per heavy atom. The Morgan fingerprint density at radius 2 is 1.87 bits per heavy atom. The van der Waals surface area contributed by atoms with Crippen LogP contribution < -0.4 is 5.32 Å². The third-order valence-electron chi connectivity index (χ3n) is 6.39. The number of hydrogen-bond donors (Lipinski definition) is 1. The minimum absolute atomic E-state index is 0.153. The Kier molecular flexibility index (Phi) is 5.84. The predicted octanol–water partition coefficient (Wildman–Crippen LogP) is 3.62. The average molecular weight is 322 g/mol. The first-order chi connectivity index (χ1) is 11.2. The summed E-state index contributed by atoms with van der Waals surface area (Å²) in [5.74, 6) is 0.753. The van der Waals surface area contributed by atoms with Crippen LogP contribution in [0.15, 0.2) is 0 Å². The largest absolute Gasteiger partial charge is 0.324 e. The molecular formula is C19H35N3O. The van der Waals surface area contributed by atoms with Crippen LogP contribution in [-0.4, -0.2) is 54.1 Å². The van der Waals surface area contributed by atoms with Gasteiger partial charge in [0.15, 0.2) is 0 Å². The fraction of sp³-hybridized carbons (Fsp3) is 0.947. The molecule has 0 atom stereocenters.